The molecule has 0 saturated carbocycles. The number of hydrogen-bond donors (Lipinski definition) is 2. The predicted octanol–water partition coefficient (Wildman–Crippen LogP) is 2.35. The Kier molecular flexibility index (Phi) is 5.38. The van der Waals surface area contributed by atoms with Crippen molar-refractivity contribution >= 4 is 35.3 Å². The van der Waals surface area contributed by atoms with E-state index in [4.69, 9.17) is 4.74 Å². The number of nitrogens with zero attached hydrogens (tertiary/aromatic N) is 2. The number of halogens is 3. The van der Waals surface area contributed by atoms with Gasteiger partial charge >= 0.3 is 12.2 Å². The fourth-order valence-electron chi connectivity index (χ4n) is 3.84. The first-order valence-electron chi connectivity index (χ1n) is 9.87. The summed E-state index contributed by atoms with van der Waals surface area (Å²) in [5, 5.41) is 3.53. The highest BCUT2D eigenvalue weighted by molar-refractivity contribution is 6.35. The van der Waals surface area contributed by atoms with Gasteiger partial charge in [-0.1, -0.05) is 23.8 Å². The number of carbonyl (C=O) groups excluding carboxylic acids is 4. The summed E-state index contributed by atoms with van der Waals surface area (Å²) in [4.78, 5) is 55.0. The van der Waals surface area contributed by atoms with E-state index in [9.17, 15) is 32.3 Å². The number of rotatable bonds is 4. The molecule has 0 aromatic heterocycles. The second kappa shape index (κ2) is 7.97. The Morgan fingerprint density at radius 3 is 2.44 bits per heavy atom. The van der Waals surface area contributed by atoms with Crippen LogP contribution in [0.5, 0.6) is 5.75 Å². The lowest BCUT2D eigenvalue weighted by molar-refractivity contribution is -0.201. The number of benzene rings is 2. The van der Waals surface area contributed by atoms with Gasteiger partial charge in [-0.15, -0.1) is 0 Å². The Balaban J connectivity index is 1.81. The molecule has 1 saturated heterocycles. The first-order valence-corrected chi connectivity index (χ1v) is 9.87. The highest BCUT2D eigenvalue weighted by Crippen LogP contribution is 2.44. The predicted molar refractivity (Wildman–Crippen MR) is 112 cm³/mol. The molecule has 2 N–H and O–H groups in total. The van der Waals surface area contributed by atoms with Crippen LogP contribution in [0, 0.1) is 12.8 Å². The van der Waals surface area contributed by atoms with Crippen LogP contribution in [0.3, 0.4) is 0 Å². The van der Waals surface area contributed by atoms with Gasteiger partial charge in [-0.2, -0.15) is 18.2 Å². The van der Waals surface area contributed by atoms with Crippen molar-refractivity contribution in [3.8, 4) is 5.75 Å². The number of nitrogens with one attached hydrogen (secondary N) is 2. The maximum Gasteiger partial charge on any atom is 0.422 e. The van der Waals surface area contributed by atoms with E-state index >= 15 is 0 Å². The van der Waals surface area contributed by atoms with Crippen LogP contribution in [0.25, 0.3) is 0 Å². The summed E-state index contributed by atoms with van der Waals surface area (Å²) >= 11 is 0. The lowest BCUT2D eigenvalue weighted by atomic mass is 9.81. The van der Waals surface area contributed by atoms with E-state index in [1.807, 2.05) is 5.32 Å². The Labute approximate surface area is 190 Å². The van der Waals surface area contributed by atoms with E-state index in [1.54, 1.807) is 24.4 Å². The van der Waals surface area contributed by atoms with Crippen LogP contribution in [0.15, 0.2) is 53.5 Å². The zero-order valence-corrected chi connectivity index (χ0v) is 17.8. The monoisotopic (exact) mass is 474 g/mol. The first kappa shape index (κ1) is 23.0. The molecule has 0 radical (unpaired) electrons. The summed E-state index contributed by atoms with van der Waals surface area (Å²) in [6, 6.07) is 10.2. The molecule has 2 aromatic rings. The number of carbonyl (C=O) groups is 4. The number of imide groups is 1. The fourth-order valence-corrected chi connectivity index (χ4v) is 3.84. The van der Waals surface area contributed by atoms with Gasteiger partial charge < -0.3 is 10.1 Å². The van der Waals surface area contributed by atoms with Crippen molar-refractivity contribution in [1.82, 2.24) is 10.6 Å². The minimum atomic E-state index is -5.44. The summed E-state index contributed by atoms with van der Waals surface area (Å²) in [6.07, 6.45) is -5.44. The molecule has 2 aliphatic heterocycles. The zero-order chi connectivity index (χ0) is 24.8. The van der Waals surface area contributed by atoms with Crippen LogP contribution in [-0.4, -0.2) is 48.4 Å². The number of amidine groups is 1. The molecule has 12 heteroatoms. The number of ether oxygens (including phenoxy) is 1. The minimum absolute atomic E-state index is 0.0873. The maximum absolute atomic E-state index is 14.5. The Morgan fingerprint density at radius 2 is 1.82 bits per heavy atom. The maximum atomic E-state index is 14.5. The van der Waals surface area contributed by atoms with E-state index in [0.29, 0.717) is 4.90 Å². The molecule has 2 heterocycles. The lowest BCUT2D eigenvalue weighted by Gasteiger charge is -2.39. The van der Waals surface area contributed by atoms with Gasteiger partial charge in [0.15, 0.2) is 0 Å². The van der Waals surface area contributed by atoms with Crippen molar-refractivity contribution in [3.05, 3.63) is 59.7 Å². The zero-order valence-electron chi connectivity index (χ0n) is 17.8. The van der Waals surface area contributed by atoms with Gasteiger partial charge in [0.2, 0.25) is 11.4 Å². The van der Waals surface area contributed by atoms with Crippen LogP contribution in [0.4, 0.5) is 23.7 Å². The summed E-state index contributed by atoms with van der Waals surface area (Å²) in [5.41, 5.74) is -3.08. The van der Waals surface area contributed by atoms with Gasteiger partial charge in [-0.05, 0) is 37.3 Å². The van der Waals surface area contributed by atoms with Gasteiger partial charge in [0.25, 0.3) is 11.8 Å². The van der Waals surface area contributed by atoms with Gasteiger partial charge in [0.1, 0.15) is 17.5 Å². The molecule has 1 fully saturated rings. The van der Waals surface area contributed by atoms with Gasteiger partial charge in [0, 0.05) is 5.56 Å². The smallest absolute Gasteiger partial charge is 0.422 e. The average Bonchev–Trinajstić information content (AvgIpc) is 3.08. The van der Waals surface area contributed by atoms with E-state index in [0.717, 1.165) is 5.56 Å². The quantitative estimate of drug-likeness (QED) is 0.706. The SMILES string of the molecule is COc1cccc(C(=O)NC2(C(F)(F)F)C(=O)N=C3C2C(=O)NC(=O)N3c2ccc(C)cc2)c1. The molecule has 2 unspecified atom stereocenters. The van der Waals surface area contributed by atoms with E-state index < -0.39 is 47.2 Å². The summed E-state index contributed by atoms with van der Waals surface area (Å²) in [5.74, 6) is -7.40. The normalized spacial score (nSPS) is 22.1. The Bertz CT molecular complexity index is 1240. The molecule has 9 nitrogen and oxygen atoms in total. The topological polar surface area (TPSA) is 117 Å². The van der Waals surface area contributed by atoms with Crippen LogP contribution in [0.2, 0.25) is 0 Å². The van der Waals surface area contributed by atoms with E-state index in [2.05, 4.69) is 4.99 Å². The van der Waals surface area contributed by atoms with Gasteiger partial charge in [0.05, 0.1) is 12.8 Å². The van der Waals surface area contributed by atoms with Crippen LogP contribution < -0.4 is 20.3 Å². The largest absolute Gasteiger partial charge is 0.497 e. The molecule has 34 heavy (non-hydrogen) atoms. The highest BCUT2D eigenvalue weighted by atomic mass is 19.4. The molecule has 2 aromatic carbocycles. The van der Waals surface area contributed by atoms with Crippen molar-refractivity contribution in [1.29, 1.82) is 0 Å². The third-order valence-corrected chi connectivity index (χ3v) is 5.55. The van der Waals surface area contributed by atoms with Crippen LogP contribution in [0.1, 0.15) is 15.9 Å². The number of hydrogen-bond acceptors (Lipinski definition) is 5. The standard InChI is InChI=1S/C22H17F3N4O5/c1-11-6-8-13(9-7-11)29-16-15(18(31)27-20(29)33)21(19(32)26-16,22(23,24)25)28-17(30)12-4-3-5-14(10-12)34-2/h3-10,15H,1-2H3,(H,28,30)(H,27,31,33). The Hall–Kier alpha value is -4.22. The first-order chi connectivity index (χ1) is 16.0. The fraction of sp³-hybridized carbons (Fsp3) is 0.227. The molecular weight excluding hydrogens is 457 g/mol. The van der Waals surface area contributed by atoms with Crippen molar-refractivity contribution in [2.24, 2.45) is 10.9 Å². The molecule has 176 valence electrons. The number of urea groups is 1. The highest BCUT2D eigenvalue weighted by Gasteiger charge is 2.74. The number of aliphatic imine (C=N–C) groups is 1. The third kappa shape index (κ3) is 3.47. The summed E-state index contributed by atoms with van der Waals surface area (Å²) in [6.45, 7) is 1.76. The molecule has 4 rings (SSSR count). The molecule has 5 amide bonds. The van der Waals surface area contributed by atoms with Crippen molar-refractivity contribution < 1.29 is 37.1 Å². The second-order valence-electron chi connectivity index (χ2n) is 7.67. The average molecular weight is 474 g/mol. The van der Waals surface area contributed by atoms with Gasteiger partial charge in [-0.3, -0.25) is 19.7 Å². The number of fused-ring (bicyclic) bond motifs is 1. The van der Waals surface area contributed by atoms with Crippen LogP contribution in [-0.2, 0) is 9.59 Å². The second-order valence-corrected chi connectivity index (χ2v) is 7.67. The van der Waals surface area contributed by atoms with Crippen molar-refractivity contribution in [2.45, 2.75) is 18.6 Å². The number of anilines is 1. The number of amides is 5. The molecule has 0 bridgehead atoms. The van der Waals surface area contributed by atoms with Crippen molar-refractivity contribution in [2.75, 3.05) is 12.0 Å². The number of alkyl halides is 3. The van der Waals surface area contributed by atoms with E-state index in [1.165, 1.54) is 43.5 Å². The summed E-state index contributed by atoms with van der Waals surface area (Å²) in [7, 11) is 1.30. The summed E-state index contributed by atoms with van der Waals surface area (Å²) < 4.78 is 48.5. The molecular formula is C22H17F3N4O5. The van der Waals surface area contributed by atoms with Gasteiger partial charge in [-0.25, -0.2) is 9.69 Å². The molecule has 2 aliphatic rings. The van der Waals surface area contributed by atoms with E-state index in [-0.39, 0.29) is 17.0 Å². The van der Waals surface area contributed by atoms with Crippen LogP contribution >= 0.6 is 0 Å². The minimum Gasteiger partial charge on any atom is -0.497 e. The van der Waals surface area contributed by atoms with Crippen molar-refractivity contribution in [3.63, 3.8) is 0 Å². The molecule has 0 aliphatic carbocycles. The molecule has 2 atom stereocenters. The number of aryl methyl sites for hydroxylation is 1. The Morgan fingerprint density at radius 1 is 1.15 bits per heavy atom. The lowest BCUT2D eigenvalue weighted by Crippen LogP contribution is -2.72. The number of methoxy groups -OCH3 is 1. The molecule has 0 spiro atoms. The third-order valence-electron chi connectivity index (χ3n) is 5.55.